The van der Waals surface area contributed by atoms with Gasteiger partial charge in [0.25, 0.3) is 0 Å². The van der Waals surface area contributed by atoms with Gasteiger partial charge in [0.05, 0.1) is 0 Å². The van der Waals surface area contributed by atoms with Crippen molar-refractivity contribution in [1.29, 1.82) is 0 Å². The summed E-state index contributed by atoms with van der Waals surface area (Å²) in [5, 5.41) is 11.2. The molecular weight excluding hydrogens is 318 g/mol. The summed E-state index contributed by atoms with van der Waals surface area (Å²) in [7, 11) is 0. The van der Waals surface area contributed by atoms with E-state index in [9.17, 15) is 9.59 Å². The number of carbonyl (C=O) groups excluding carboxylic acids is 1. The molecule has 0 unspecified atom stereocenters. The number of hydrogen-bond acceptors (Lipinski definition) is 3. The first kappa shape index (κ1) is 17.0. The predicted octanol–water partition coefficient (Wildman–Crippen LogP) is 3.78. The molecule has 130 valence electrons. The van der Waals surface area contributed by atoms with E-state index < -0.39 is 12.1 Å². The number of alkyl carbamates (subject to hydrolysis) is 1. The number of hydrogen-bond donors (Lipinski definition) is 2. The average Bonchev–Trinajstić information content (AvgIpc) is 2.93. The van der Waals surface area contributed by atoms with Gasteiger partial charge in [0.15, 0.2) is 0 Å². The largest absolute Gasteiger partial charge is 0.481 e. The summed E-state index contributed by atoms with van der Waals surface area (Å²) in [5.74, 6) is -0.875. The Bertz CT molecular complexity index is 741. The van der Waals surface area contributed by atoms with Gasteiger partial charge in [-0.2, -0.15) is 0 Å². The lowest BCUT2D eigenvalue weighted by molar-refractivity contribution is -0.137. The van der Waals surface area contributed by atoms with Crippen LogP contribution in [-0.2, 0) is 9.53 Å². The van der Waals surface area contributed by atoms with Gasteiger partial charge in [0.1, 0.15) is 6.10 Å². The molecule has 2 aromatic carbocycles. The molecule has 25 heavy (non-hydrogen) atoms. The summed E-state index contributed by atoms with van der Waals surface area (Å²) < 4.78 is 5.56. The molecular formula is C20H21NO4. The van der Waals surface area contributed by atoms with E-state index >= 15 is 0 Å². The van der Waals surface area contributed by atoms with Crippen LogP contribution in [0.4, 0.5) is 4.79 Å². The van der Waals surface area contributed by atoms with E-state index in [4.69, 9.17) is 9.84 Å². The third-order valence-electron chi connectivity index (χ3n) is 4.48. The SMILES string of the molecule is C[C@@H](OC(=O)NCCCC(=O)O)C1c2ccccc2-c2ccccc21. The number of carboxylic acids is 1. The Hall–Kier alpha value is -2.82. The first-order chi connectivity index (χ1) is 12.1. The Morgan fingerprint density at radius 2 is 1.64 bits per heavy atom. The maximum absolute atomic E-state index is 12.0. The molecule has 5 nitrogen and oxygen atoms in total. The van der Waals surface area contributed by atoms with Crippen molar-refractivity contribution in [2.45, 2.75) is 31.8 Å². The van der Waals surface area contributed by atoms with E-state index in [0.29, 0.717) is 6.42 Å². The molecule has 0 bridgehead atoms. The van der Waals surface area contributed by atoms with E-state index in [1.165, 1.54) is 11.1 Å². The first-order valence-corrected chi connectivity index (χ1v) is 8.42. The molecule has 0 fully saturated rings. The minimum absolute atomic E-state index is 0.00262. The molecule has 1 aliphatic carbocycles. The van der Waals surface area contributed by atoms with Crippen molar-refractivity contribution >= 4 is 12.1 Å². The third kappa shape index (κ3) is 3.65. The van der Waals surface area contributed by atoms with Crippen LogP contribution in [0.3, 0.4) is 0 Å². The normalized spacial score (nSPS) is 13.6. The highest BCUT2D eigenvalue weighted by atomic mass is 16.6. The number of aliphatic carboxylic acids is 1. The van der Waals surface area contributed by atoms with Crippen LogP contribution in [0.25, 0.3) is 11.1 Å². The molecule has 0 spiro atoms. The zero-order chi connectivity index (χ0) is 17.8. The van der Waals surface area contributed by atoms with E-state index in [1.54, 1.807) is 0 Å². The molecule has 2 aromatic rings. The van der Waals surface area contributed by atoms with Crippen LogP contribution in [0.15, 0.2) is 48.5 Å². The minimum Gasteiger partial charge on any atom is -0.481 e. The molecule has 0 saturated carbocycles. The van der Waals surface area contributed by atoms with E-state index in [1.807, 2.05) is 31.2 Å². The highest BCUT2D eigenvalue weighted by Crippen LogP contribution is 2.46. The number of carbonyl (C=O) groups is 2. The fraction of sp³-hybridized carbons (Fsp3) is 0.300. The second kappa shape index (κ2) is 7.38. The van der Waals surface area contributed by atoms with E-state index in [0.717, 1.165) is 11.1 Å². The fourth-order valence-electron chi connectivity index (χ4n) is 3.41. The average molecular weight is 339 g/mol. The van der Waals surface area contributed by atoms with Crippen LogP contribution in [0.5, 0.6) is 0 Å². The topological polar surface area (TPSA) is 75.6 Å². The van der Waals surface area contributed by atoms with Gasteiger partial charge in [-0.05, 0) is 35.6 Å². The van der Waals surface area contributed by atoms with Crippen LogP contribution in [0.1, 0.15) is 36.8 Å². The maximum atomic E-state index is 12.0. The lowest BCUT2D eigenvalue weighted by Gasteiger charge is -2.22. The lowest BCUT2D eigenvalue weighted by Crippen LogP contribution is -2.31. The van der Waals surface area contributed by atoms with Gasteiger partial charge >= 0.3 is 12.1 Å². The summed E-state index contributed by atoms with van der Waals surface area (Å²) in [5.41, 5.74) is 4.69. The Labute approximate surface area is 146 Å². The van der Waals surface area contributed by atoms with Gasteiger partial charge < -0.3 is 15.2 Å². The molecule has 5 heteroatoms. The fourth-order valence-corrected chi connectivity index (χ4v) is 3.41. The smallest absolute Gasteiger partial charge is 0.407 e. The van der Waals surface area contributed by atoms with Crippen molar-refractivity contribution in [2.24, 2.45) is 0 Å². The molecule has 1 atom stereocenters. The predicted molar refractivity (Wildman–Crippen MR) is 94.5 cm³/mol. The summed E-state index contributed by atoms with van der Waals surface area (Å²) in [6.07, 6.45) is -0.434. The van der Waals surface area contributed by atoms with Crippen LogP contribution in [-0.4, -0.2) is 29.8 Å². The number of nitrogens with one attached hydrogen (secondary N) is 1. The van der Waals surface area contributed by atoms with Crippen LogP contribution >= 0.6 is 0 Å². The number of rotatable bonds is 6. The van der Waals surface area contributed by atoms with Crippen molar-refractivity contribution < 1.29 is 19.4 Å². The summed E-state index contributed by atoms with van der Waals surface area (Å²) in [6, 6.07) is 16.3. The van der Waals surface area contributed by atoms with E-state index in [2.05, 4.69) is 29.6 Å². The molecule has 0 heterocycles. The number of fused-ring (bicyclic) bond motifs is 3. The maximum Gasteiger partial charge on any atom is 0.407 e. The first-order valence-electron chi connectivity index (χ1n) is 8.42. The third-order valence-corrected chi connectivity index (χ3v) is 4.48. The zero-order valence-corrected chi connectivity index (χ0v) is 14.1. The molecule has 1 amide bonds. The van der Waals surface area contributed by atoms with Crippen molar-refractivity contribution in [2.75, 3.05) is 6.54 Å². The van der Waals surface area contributed by atoms with Gasteiger partial charge in [-0.1, -0.05) is 48.5 Å². The zero-order valence-electron chi connectivity index (χ0n) is 14.1. The summed E-state index contributed by atoms with van der Waals surface area (Å²) in [6.45, 7) is 2.18. The standard InChI is InChI=1S/C20H21NO4/c1-13(25-20(24)21-12-6-11-18(22)23)19-16-9-4-2-7-14(16)15-8-3-5-10-17(15)19/h2-5,7-10,13,19H,6,11-12H2,1H3,(H,21,24)(H,22,23)/t13-/m1/s1. The Kier molecular flexibility index (Phi) is 5.03. The van der Waals surface area contributed by atoms with Crippen molar-refractivity contribution in [3.05, 3.63) is 59.7 Å². The number of carboxylic acid groups (broad SMARTS) is 1. The number of ether oxygens (including phenoxy) is 1. The summed E-state index contributed by atoms with van der Waals surface area (Å²) >= 11 is 0. The Morgan fingerprint density at radius 3 is 2.20 bits per heavy atom. The van der Waals surface area contributed by atoms with Crippen molar-refractivity contribution in [3.63, 3.8) is 0 Å². The lowest BCUT2D eigenvalue weighted by atomic mass is 9.92. The molecule has 0 aromatic heterocycles. The molecule has 0 radical (unpaired) electrons. The number of amides is 1. The van der Waals surface area contributed by atoms with Gasteiger partial charge in [0.2, 0.25) is 0 Å². The Balaban J connectivity index is 1.69. The van der Waals surface area contributed by atoms with Gasteiger partial charge in [0, 0.05) is 18.9 Å². The van der Waals surface area contributed by atoms with Crippen molar-refractivity contribution in [1.82, 2.24) is 5.32 Å². The van der Waals surface area contributed by atoms with Gasteiger partial charge in [-0.25, -0.2) is 4.79 Å². The molecule has 0 aliphatic heterocycles. The van der Waals surface area contributed by atoms with Crippen molar-refractivity contribution in [3.8, 4) is 11.1 Å². The molecule has 0 saturated heterocycles. The van der Waals surface area contributed by atoms with Crippen LogP contribution in [0.2, 0.25) is 0 Å². The Morgan fingerprint density at radius 1 is 1.08 bits per heavy atom. The molecule has 1 aliphatic rings. The summed E-state index contributed by atoms with van der Waals surface area (Å²) in [4.78, 5) is 22.5. The highest BCUT2D eigenvalue weighted by molar-refractivity contribution is 5.79. The van der Waals surface area contributed by atoms with Crippen LogP contribution < -0.4 is 5.32 Å². The van der Waals surface area contributed by atoms with Gasteiger partial charge in [-0.3, -0.25) is 4.79 Å². The monoisotopic (exact) mass is 339 g/mol. The van der Waals surface area contributed by atoms with E-state index in [-0.39, 0.29) is 25.0 Å². The quantitative estimate of drug-likeness (QED) is 0.785. The highest BCUT2D eigenvalue weighted by Gasteiger charge is 2.33. The van der Waals surface area contributed by atoms with Crippen LogP contribution in [0, 0.1) is 0 Å². The minimum atomic E-state index is -0.872. The van der Waals surface area contributed by atoms with Gasteiger partial charge in [-0.15, -0.1) is 0 Å². The molecule has 2 N–H and O–H groups in total. The second-order valence-corrected chi connectivity index (χ2v) is 6.19. The number of benzene rings is 2. The second-order valence-electron chi connectivity index (χ2n) is 6.19. The molecule has 3 rings (SSSR count).